The van der Waals surface area contributed by atoms with Gasteiger partial charge in [0.15, 0.2) is 0 Å². The molecular weight excluding hydrogens is 228 g/mol. The molecule has 0 aliphatic carbocycles. The van der Waals surface area contributed by atoms with E-state index in [-0.39, 0.29) is 12.6 Å². The van der Waals surface area contributed by atoms with Crippen LogP contribution < -0.4 is 5.32 Å². The first kappa shape index (κ1) is 15.2. The number of carboxylic acid groups (broad SMARTS) is 1. The molecule has 0 aromatic heterocycles. The van der Waals surface area contributed by atoms with Gasteiger partial charge in [-0.1, -0.05) is 6.92 Å². The van der Waals surface area contributed by atoms with Gasteiger partial charge in [0.1, 0.15) is 13.1 Å². The molecule has 0 rings (SSSR count). The van der Waals surface area contributed by atoms with E-state index in [0.717, 1.165) is 4.90 Å². The lowest BCUT2D eigenvalue weighted by molar-refractivity contribution is -0.139. The van der Waals surface area contributed by atoms with Crippen LogP contribution in [0.25, 0.3) is 0 Å². The van der Waals surface area contributed by atoms with Gasteiger partial charge in [-0.15, -0.1) is 0 Å². The van der Waals surface area contributed by atoms with E-state index in [0.29, 0.717) is 6.42 Å². The minimum Gasteiger partial charge on any atom is -0.480 e. The Morgan fingerprint density at radius 3 is 2.41 bits per heavy atom. The molecule has 0 bridgehead atoms. The van der Waals surface area contributed by atoms with Crippen molar-refractivity contribution in [1.82, 2.24) is 10.2 Å². The fraction of sp³-hybridized carbons (Fsp3) is 0.700. The third kappa shape index (κ3) is 5.74. The van der Waals surface area contributed by atoms with Crippen LogP contribution in [0.3, 0.4) is 0 Å². The van der Waals surface area contributed by atoms with Crippen LogP contribution in [0.5, 0.6) is 0 Å². The van der Waals surface area contributed by atoms with Crippen LogP contribution >= 0.6 is 0 Å². The quantitative estimate of drug-likeness (QED) is 0.646. The molecule has 7 nitrogen and oxygen atoms in total. The minimum absolute atomic E-state index is 0.219. The summed E-state index contributed by atoms with van der Waals surface area (Å²) in [5, 5.41) is 11.0. The van der Waals surface area contributed by atoms with E-state index in [4.69, 9.17) is 5.11 Å². The molecule has 17 heavy (non-hydrogen) atoms. The van der Waals surface area contributed by atoms with E-state index >= 15 is 0 Å². The number of carboxylic acids is 1. The van der Waals surface area contributed by atoms with Crippen LogP contribution in [-0.2, 0) is 14.3 Å². The number of esters is 1. The van der Waals surface area contributed by atoms with Gasteiger partial charge in [-0.25, -0.2) is 4.79 Å². The van der Waals surface area contributed by atoms with Crippen LogP contribution in [0.4, 0.5) is 4.79 Å². The highest BCUT2D eigenvalue weighted by molar-refractivity contribution is 5.83. The van der Waals surface area contributed by atoms with Gasteiger partial charge in [-0.05, 0) is 13.3 Å². The van der Waals surface area contributed by atoms with Crippen LogP contribution in [0.2, 0.25) is 0 Å². The molecule has 0 spiro atoms. The summed E-state index contributed by atoms with van der Waals surface area (Å²) in [6.07, 6.45) is 0.624. The van der Waals surface area contributed by atoms with Crippen molar-refractivity contribution in [2.75, 3.05) is 20.2 Å². The summed E-state index contributed by atoms with van der Waals surface area (Å²) < 4.78 is 4.36. The number of ether oxygens (including phenoxy) is 1. The van der Waals surface area contributed by atoms with E-state index in [9.17, 15) is 14.4 Å². The molecule has 0 saturated carbocycles. The first-order chi connectivity index (χ1) is 7.92. The van der Waals surface area contributed by atoms with Crippen LogP contribution in [0, 0.1) is 0 Å². The smallest absolute Gasteiger partial charge is 0.325 e. The molecule has 98 valence electrons. The van der Waals surface area contributed by atoms with Crippen molar-refractivity contribution in [3.63, 3.8) is 0 Å². The molecule has 0 aromatic carbocycles. The average molecular weight is 246 g/mol. The molecule has 7 heteroatoms. The molecule has 0 heterocycles. The maximum Gasteiger partial charge on any atom is 0.325 e. The van der Waals surface area contributed by atoms with E-state index in [1.165, 1.54) is 7.11 Å². The van der Waals surface area contributed by atoms with Gasteiger partial charge in [-0.3, -0.25) is 9.59 Å². The molecule has 0 aliphatic rings. The summed E-state index contributed by atoms with van der Waals surface area (Å²) in [7, 11) is 1.21. The predicted molar refractivity (Wildman–Crippen MR) is 59.5 cm³/mol. The Kier molecular flexibility index (Phi) is 6.69. The van der Waals surface area contributed by atoms with Crippen molar-refractivity contribution in [3.8, 4) is 0 Å². The van der Waals surface area contributed by atoms with Gasteiger partial charge in [0, 0.05) is 6.04 Å². The van der Waals surface area contributed by atoms with Gasteiger partial charge in [0.2, 0.25) is 0 Å². The summed E-state index contributed by atoms with van der Waals surface area (Å²) in [6.45, 7) is 2.90. The second kappa shape index (κ2) is 7.48. The number of hydrogen-bond acceptors (Lipinski definition) is 4. The summed E-state index contributed by atoms with van der Waals surface area (Å²) in [4.78, 5) is 34.2. The second-order valence-corrected chi connectivity index (χ2v) is 3.51. The first-order valence-electron chi connectivity index (χ1n) is 5.25. The Bertz CT molecular complexity index is 292. The van der Waals surface area contributed by atoms with Gasteiger partial charge in [0.25, 0.3) is 0 Å². The number of aliphatic carboxylic acids is 1. The highest BCUT2D eigenvalue weighted by Crippen LogP contribution is 2.03. The zero-order chi connectivity index (χ0) is 13.4. The standard InChI is InChI=1S/C10H18N2O5/c1-4-7(2)12(6-8(13)14)10(16)11-5-9(15)17-3/h7H,4-6H2,1-3H3,(H,11,16)(H,13,14). The van der Waals surface area contributed by atoms with Gasteiger partial charge in [0.05, 0.1) is 7.11 Å². The zero-order valence-corrected chi connectivity index (χ0v) is 10.2. The molecule has 0 saturated heterocycles. The fourth-order valence-electron chi connectivity index (χ4n) is 1.12. The lowest BCUT2D eigenvalue weighted by Gasteiger charge is -2.26. The van der Waals surface area contributed by atoms with Crippen LogP contribution in [-0.4, -0.2) is 54.2 Å². The predicted octanol–water partition coefficient (Wildman–Crippen LogP) is 0.0541. The Hall–Kier alpha value is -1.79. The molecule has 1 atom stereocenters. The van der Waals surface area contributed by atoms with Gasteiger partial charge >= 0.3 is 18.0 Å². The molecule has 2 amide bonds. The summed E-state index contributed by atoms with van der Waals surface area (Å²) in [5.41, 5.74) is 0. The highest BCUT2D eigenvalue weighted by atomic mass is 16.5. The lowest BCUT2D eigenvalue weighted by atomic mass is 10.2. The number of rotatable bonds is 6. The second-order valence-electron chi connectivity index (χ2n) is 3.51. The molecule has 2 N–H and O–H groups in total. The van der Waals surface area contributed by atoms with Crippen molar-refractivity contribution >= 4 is 18.0 Å². The minimum atomic E-state index is -1.10. The number of carbonyl (C=O) groups excluding carboxylic acids is 2. The van der Waals surface area contributed by atoms with E-state index in [1.807, 2.05) is 6.92 Å². The van der Waals surface area contributed by atoms with E-state index in [1.54, 1.807) is 6.92 Å². The normalized spacial score (nSPS) is 11.5. The van der Waals surface area contributed by atoms with Gasteiger partial charge in [-0.2, -0.15) is 0 Å². The van der Waals surface area contributed by atoms with E-state index in [2.05, 4.69) is 10.1 Å². The van der Waals surface area contributed by atoms with Crippen molar-refractivity contribution in [2.45, 2.75) is 26.3 Å². The monoisotopic (exact) mass is 246 g/mol. The summed E-state index contributed by atoms with van der Waals surface area (Å²) in [6, 6.07) is -0.809. The largest absolute Gasteiger partial charge is 0.480 e. The molecule has 1 unspecified atom stereocenters. The van der Waals surface area contributed by atoms with Gasteiger partial charge < -0.3 is 20.1 Å². The van der Waals surface area contributed by atoms with Crippen molar-refractivity contribution in [3.05, 3.63) is 0 Å². The number of amides is 2. The maximum absolute atomic E-state index is 11.6. The number of hydrogen-bond donors (Lipinski definition) is 2. The van der Waals surface area contributed by atoms with Crippen molar-refractivity contribution in [1.29, 1.82) is 0 Å². The molecule has 0 radical (unpaired) electrons. The molecule has 0 aromatic rings. The number of methoxy groups -OCH3 is 1. The Morgan fingerprint density at radius 1 is 1.41 bits per heavy atom. The topological polar surface area (TPSA) is 95.9 Å². The summed E-state index contributed by atoms with van der Waals surface area (Å²) >= 11 is 0. The number of nitrogens with zero attached hydrogens (tertiary/aromatic N) is 1. The first-order valence-corrected chi connectivity index (χ1v) is 5.25. The van der Waals surface area contributed by atoms with Crippen molar-refractivity contribution in [2.24, 2.45) is 0 Å². The number of urea groups is 1. The Balaban J connectivity index is 4.42. The summed E-state index contributed by atoms with van der Waals surface area (Å²) in [5.74, 6) is -1.68. The third-order valence-electron chi connectivity index (χ3n) is 2.30. The Labute approximate surface area is 99.7 Å². The van der Waals surface area contributed by atoms with E-state index < -0.39 is 24.5 Å². The fourth-order valence-corrected chi connectivity index (χ4v) is 1.12. The maximum atomic E-state index is 11.6. The number of carbonyl (C=O) groups is 3. The Morgan fingerprint density at radius 2 is 2.00 bits per heavy atom. The lowest BCUT2D eigenvalue weighted by Crippen LogP contribution is -2.48. The van der Waals surface area contributed by atoms with Crippen LogP contribution in [0.15, 0.2) is 0 Å². The zero-order valence-electron chi connectivity index (χ0n) is 10.2. The average Bonchev–Trinajstić information content (AvgIpc) is 2.31. The molecule has 0 aliphatic heterocycles. The SMILES string of the molecule is CCC(C)N(CC(=O)O)C(=O)NCC(=O)OC. The molecular formula is C10H18N2O5. The van der Waals surface area contributed by atoms with Crippen molar-refractivity contribution < 1.29 is 24.2 Å². The third-order valence-corrected chi connectivity index (χ3v) is 2.30. The highest BCUT2D eigenvalue weighted by Gasteiger charge is 2.21. The van der Waals surface area contributed by atoms with Crippen LogP contribution in [0.1, 0.15) is 20.3 Å². The molecule has 0 fully saturated rings. The number of nitrogens with one attached hydrogen (secondary N) is 1.